The van der Waals surface area contributed by atoms with E-state index in [9.17, 15) is 8.42 Å². The predicted molar refractivity (Wildman–Crippen MR) is 106 cm³/mol. The van der Waals surface area contributed by atoms with Gasteiger partial charge in [0, 0.05) is 23.7 Å². The lowest BCUT2D eigenvalue weighted by Crippen LogP contribution is -2.23. The number of nitrogens with one attached hydrogen (secondary N) is 1. The summed E-state index contributed by atoms with van der Waals surface area (Å²) in [7, 11) is -3.61. The number of rotatable bonds is 5. The maximum atomic E-state index is 12.7. The van der Waals surface area contributed by atoms with E-state index in [1.165, 1.54) is 0 Å². The van der Waals surface area contributed by atoms with E-state index in [0.29, 0.717) is 0 Å². The van der Waals surface area contributed by atoms with Crippen molar-refractivity contribution in [2.45, 2.75) is 11.4 Å². The topological polar surface area (TPSA) is 59.1 Å². The smallest absolute Gasteiger partial charge is 0.240 e. The van der Waals surface area contributed by atoms with Crippen LogP contribution in [0.5, 0.6) is 0 Å². The molecule has 130 valence electrons. The molecular formula is C20H16N2O2S2. The van der Waals surface area contributed by atoms with Crippen molar-refractivity contribution in [3.05, 3.63) is 83.2 Å². The zero-order valence-electron chi connectivity index (χ0n) is 13.8. The SMILES string of the molecule is O=S(=O)(NCc1cccnc1-c1ccsc1)c1ccc2ccccc2c1. The van der Waals surface area contributed by atoms with Gasteiger partial charge in [0.1, 0.15) is 0 Å². The lowest BCUT2D eigenvalue weighted by atomic mass is 10.1. The Hall–Kier alpha value is -2.54. The molecule has 2 aromatic carbocycles. The molecule has 0 spiro atoms. The van der Waals surface area contributed by atoms with E-state index in [1.807, 2.05) is 59.3 Å². The number of aromatic nitrogens is 1. The van der Waals surface area contributed by atoms with E-state index in [0.717, 1.165) is 27.6 Å². The van der Waals surface area contributed by atoms with E-state index in [-0.39, 0.29) is 11.4 Å². The molecule has 0 atom stereocenters. The van der Waals surface area contributed by atoms with Crippen molar-refractivity contribution in [3.63, 3.8) is 0 Å². The monoisotopic (exact) mass is 380 g/mol. The van der Waals surface area contributed by atoms with Crippen LogP contribution in [0.1, 0.15) is 5.56 Å². The van der Waals surface area contributed by atoms with Gasteiger partial charge in [-0.05, 0) is 46.0 Å². The summed E-state index contributed by atoms with van der Waals surface area (Å²) in [6.45, 7) is 0.189. The second-order valence-corrected chi connectivity index (χ2v) is 8.40. The number of thiophene rings is 1. The minimum absolute atomic E-state index is 0.189. The highest BCUT2D eigenvalue weighted by molar-refractivity contribution is 7.89. The van der Waals surface area contributed by atoms with Crippen molar-refractivity contribution in [1.82, 2.24) is 9.71 Å². The Morgan fingerprint density at radius 2 is 1.81 bits per heavy atom. The van der Waals surface area contributed by atoms with E-state index < -0.39 is 10.0 Å². The molecule has 0 aliphatic rings. The van der Waals surface area contributed by atoms with Gasteiger partial charge in [0.25, 0.3) is 0 Å². The molecule has 4 aromatic rings. The maximum Gasteiger partial charge on any atom is 0.240 e. The lowest BCUT2D eigenvalue weighted by molar-refractivity contribution is 0.581. The van der Waals surface area contributed by atoms with Crippen LogP contribution >= 0.6 is 11.3 Å². The van der Waals surface area contributed by atoms with Crippen LogP contribution < -0.4 is 4.72 Å². The Kier molecular flexibility index (Phi) is 4.55. The summed E-state index contributed by atoms with van der Waals surface area (Å²) in [5.41, 5.74) is 2.64. The van der Waals surface area contributed by atoms with Crippen LogP contribution in [-0.2, 0) is 16.6 Å². The van der Waals surface area contributed by atoms with Gasteiger partial charge in [-0.15, -0.1) is 0 Å². The number of benzene rings is 2. The van der Waals surface area contributed by atoms with Gasteiger partial charge in [-0.1, -0.05) is 36.4 Å². The summed E-state index contributed by atoms with van der Waals surface area (Å²) in [6, 6.07) is 18.5. The number of nitrogens with zero attached hydrogens (tertiary/aromatic N) is 1. The van der Waals surface area contributed by atoms with Crippen molar-refractivity contribution in [3.8, 4) is 11.3 Å². The summed E-state index contributed by atoms with van der Waals surface area (Å²) in [6.07, 6.45) is 1.72. The van der Waals surface area contributed by atoms with Crippen molar-refractivity contribution in [2.24, 2.45) is 0 Å². The Morgan fingerprint density at radius 1 is 0.962 bits per heavy atom. The van der Waals surface area contributed by atoms with Gasteiger partial charge in [-0.25, -0.2) is 13.1 Å². The first-order valence-corrected chi connectivity index (χ1v) is 10.5. The largest absolute Gasteiger partial charge is 0.256 e. The molecule has 2 aromatic heterocycles. The zero-order valence-corrected chi connectivity index (χ0v) is 15.4. The van der Waals surface area contributed by atoms with Gasteiger partial charge < -0.3 is 0 Å². The first kappa shape index (κ1) is 16.9. The number of fused-ring (bicyclic) bond motifs is 1. The highest BCUT2D eigenvalue weighted by atomic mass is 32.2. The molecule has 0 unspecified atom stereocenters. The summed E-state index contributed by atoms with van der Waals surface area (Å²) in [5, 5.41) is 5.89. The van der Waals surface area contributed by atoms with E-state index in [2.05, 4.69) is 9.71 Å². The van der Waals surface area contributed by atoms with Crippen LogP contribution in [0.15, 0.2) is 82.5 Å². The highest BCUT2D eigenvalue weighted by Gasteiger charge is 2.16. The van der Waals surface area contributed by atoms with Crippen molar-refractivity contribution < 1.29 is 8.42 Å². The Balaban J connectivity index is 1.61. The fourth-order valence-corrected chi connectivity index (χ4v) is 4.51. The average Bonchev–Trinajstić information content (AvgIpc) is 3.21. The highest BCUT2D eigenvalue weighted by Crippen LogP contribution is 2.24. The minimum atomic E-state index is -3.61. The normalized spacial score (nSPS) is 11.7. The van der Waals surface area contributed by atoms with E-state index in [1.54, 1.807) is 29.7 Å². The summed E-state index contributed by atoms with van der Waals surface area (Å²) in [5.74, 6) is 0. The molecule has 0 radical (unpaired) electrons. The molecule has 0 aliphatic heterocycles. The molecule has 0 fully saturated rings. The number of hydrogen-bond acceptors (Lipinski definition) is 4. The number of hydrogen-bond donors (Lipinski definition) is 1. The van der Waals surface area contributed by atoms with Crippen LogP contribution in [0.2, 0.25) is 0 Å². The van der Waals surface area contributed by atoms with E-state index >= 15 is 0 Å². The summed E-state index contributed by atoms with van der Waals surface area (Å²) in [4.78, 5) is 4.67. The van der Waals surface area contributed by atoms with Crippen molar-refractivity contribution >= 4 is 32.1 Å². The quantitative estimate of drug-likeness (QED) is 0.557. The molecule has 6 heteroatoms. The fraction of sp³-hybridized carbons (Fsp3) is 0.0500. The third-order valence-corrected chi connectivity index (χ3v) is 6.25. The molecule has 0 saturated carbocycles. The fourth-order valence-electron chi connectivity index (χ4n) is 2.83. The average molecular weight is 380 g/mol. The second-order valence-electron chi connectivity index (χ2n) is 5.86. The first-order valence-electron chi connectivity index (χ1n) is 8.08. The summed E-state index contributed by atoms with van der Waals surface area (Å²) >= 11 is 1.59. The standard InChI is InChI=1S/C20H16N2O2S2/c23-26(24,19-8-7-15-4-1-2-5-16(15)12-19)22-13-17-6-3-10-21-20(17)18-9-11-25-14-18/h1-12,14,22H,13H2. The van der Waals surface area contributed by atoms with Crippen LogP contribution in [-0.4, -0.2) is 13.4 Å². The molecule has 26 heavy (non-hydrogen) atoms. The number of sulfonamides is 1. The maximum absolute atomic E-state index is 12.7. The van der Waals surface area contributed by atoms with Gasteiger partial charge in [0.15, 0.2) is 0 Å². The lowest BCUT2D eigenvalue weighted by Gasteiger charge is -2.10. The zero-order chi connectivity index (χ0) is 18.0. The van der Waals surface area contributed by atoms with Gasteiger partial charge in [0.2, 0.25) is 10.0 Å². The molecule has 4 nitrogen and oxygen atoms in total. The van der Waals surface area contributed by atoms with Gasteiger partial charge >= 0.3 is 0 Å². The Bertz CT molecular complexity index is 1150. The molecule has 0 aliphatic carbocycles. The van der Waals surface area contributed by atoms with Gasteiger partial charge in [-0.3, -0.25) is 4.98 Å². The van der Waals surface area contributed by atoms with Crippen molar-refractivity contribution in [1.29, 1.82) is 0 Å². The first-order chi connectivity index (χ1) is 12.6. The minimum Gasteiger partial charge on any atom is -0.256 e. The molecule has 0 bridgehead atoms. The molecule has 0 amide bonds. The molecule has 2 heterocycles. The molecular weight excluding hydrogens is 364 g/mol. The van der Waals surface area contributed by atoms with E-state index in [4.69, 9.17) is 0 Å². The van der Waals surface area contributed by atoms with Crippen LogP contribution in [0, 0.1) is 0 Å². The Labute approximate surface area is 156 Å². The molecule has 4 rings (SSSR count). The van der Waals surface area contributed by atoms with Gasteiger partial charge in [0.05, 0.1) is 10.6 Å². The third kappa shape index (κ3) is 3.39. The number of pyridine rings is 1. The second kappa shape index (κ2) is 6.99. The van der Waals surface area contributed by atoms with Crippen molar-refractivity contribution in [2.75, 3.05) is 0 Å². The molecule has 0 saturated heterocycles. The van der Waals surface area contributed by atoms with Crippen LogP contribution in [0.4, 0.5) is 0 Å². The summed E-state index contributed by atoms with van der Waals surface area (Å²) < 4.78 is 28.1. The van der Waals surface area contributed by atoms with Gasteiger partial charge in [-0.2, -0.15) is 11.3 Å². The Morgan fingerprint density at radius 3 is 2.62 bits per heavy atom. The predicted octanol–water partition coefficient (Wildman–Crippen LogP) is 4.44. The van der Waals surface area contributed by atoms with Crippen LogP contribution in [0.3, 0.4) is 0 Å². The van der Waals surface area contributed by atoms with Crippen LogP contribution in [0.25, 0.3) is 22.0 Å². The third-order valence-electron chi connectivity index (χ3n) is 4.17. The molecule has 1 N–H and O–H groups in total.